The van der Waals surface area contributed by atoms with Gasteiger partial charge in [-0.15, -0.1) is 11.3 Å². The van der Waals surface area contributed by atoms with Gasteiger partial charge < -0.3 is 0 Å². The molecule has 2 atom stereocenters. The van der Waals surface area contributed by atoms with Crippen LogP contribution in [0.5, 0.6) is 0 Å². The number of carbonyl (C=O) groups is 1. The lowest BCUT2D eigenvalue weighted by atomic mass is 10.1. The van der Waals surface area contributed by atoms with Crippen molar-refractivity contribution in [3.8, 4) is 0 Å². The highest BCUT2D eigenvalue weighted by atomic mass is 32.1. The van der Waals surface area contributed by atoms with Gasteiger partial charge in [-0.2, -0.15) is 0 Å². The lowest BCUT2D eigenvalue weighted by Gasteiger charge is -2.24. The quantitative estimate of drug-likeness (QED) is 0.793. The van der Waals surface area contributed by atoms with Gasteiger partial charge in [0.05, 0.1) is 11.4 Å². The topological polar surface area (TPSA) is 23.6 Å². The van der Waals surface area contributed by atoms with E-state index < -0.39 is 0 Å². The molecule has 0 saturated carbocycles. The minimum Gasteiger partial charge on any atom is -0.299 e. The van der Waals surface area contributed by atoms with Gasteiger partial charge in [0.15, 0.2) is 5.78 Å². The first-order chi connectivity index (χ1) is 9.13. The molecule has 104 valence electrons. The number of aryl methyl sites for hydroxylation is 1. The van der Waals surface area contributed by atoms with Gasteiger partial charge >= 0.3 is 0 Å². The number of rotatable bonds is 3. The summed E-state index contributed by atoms with van der Waals surface area (Å²) in [6.45, 7) is 4.78. The molecule has 4 heteroatoms. The Bertz CT molecular complexity index is 470. The Balaban J connectivity index is 1.63. The van der Waals surface area contributed by atoms with E-state index in [2.05, 4.69) is 23.8 Å². The number of Topliss-reactive ketones (excluding diaryl/α,β-unsaturated/α-hetero) is 1. The van der Waals surface area contributed by atoms with E-state index in [1.807, 2.05) is 12.1 Å². The van der Waals surface area contributed by atoms with Crippen LogP contribution in [-0.2, 0) is 0 Å². The smallest absolute Gasteiger partial charge is 0.186 e. The average molecular weight is 278 g/mol. The van der Waals surface area contributed by atoms with Crippen LogP contribution in [0, 0.1) is 6.92 Å². The first-order valence-corrected chi connectivity index (χ1v) is 7.99. The Labute approximate surface area is 119 Å². The molecular weight excluding hydrogens is 256 g/mol. The molecule has 0 aromatic carbocycles. The molecule has 0 N–H and O–H groups in total. The monoisotopic (exact) mass is 278 g/mol. The fourth-order valence-corrected chi connectivity index (χ4v) is 4.19. The van der Waals surface area contributed by atoms with E-state index in [0.29, 0.717) is 18.4 Å². The van der Waals surface area contributed by atoms with Crippen LogP contribution in [0.15, 0.2) is 12.1 Å². The fraction of sp³-hybridized carbons (Fsp3) is 0.667. The summed E-state index contributed by atoms with van der Waals surface area (Å²) in [5, 5.41) is 0. The SMILES string of the molecule is Cc1ccc(C(=O)CN2CCC3CCC(C2)N3C)s1. The van der Waals surface area contributed by atoms with E-state index in [1.165, 1.54) is 24.1 Å². The standard InChI is InChI=1S/C15H22N2OS/c1-11-3-6-15(19-11)14(18)10-17-8-7-12-4-5-13(9-17)16(12)2/h3,6,12-13H,4-5,7-10H2,1-2H3. The van der Waals surface area contributed by atoms with Gasteiger partial charge in [-0.3, -0.25) is 14.6 Å². The van der Waals surface area contributed by atoms with Gasteiger partial charge in [-0.05, 0) is 45.4 Å². The number of nitrogens with zero attached hydrogens (tertiary/aromatic N) is 2. The lowest BCUT2D eigenvalue weighted by Crippen LogP contribution is -2.38. The molecule has 19 heavy (non-hydrogen) atoms. The van der Waals surface area contributed by atoms with Crippen LogP contribution < -0.4 is 0 Å². The number of fused-ring (bicyclic) bond motifs is 2. The number of ketones is 1. The molecule has 3 heterocycles. The summed E-state index contributed by atoms with van der Waals surface area (Å²) in [5.74, 6) is 0.290. The van der Waals surface area contributed by atoms with E-state index in [9.17, 15) is 4.79 Å². The van der Waals surface area contributed by atoms with Crippen molar-refractivity contribution in [3.63, 3.8) is 0 Å². The van der Waals surface area contributed by atoms with Crippen molar-refractivity contribution in [3.05, 3.63) is 21.9 Å². The molecule has 1 aromatic rings. The van der Waals surface area contributed by atoms with Gasteiger partial charge in [-0.1, -0.05) is 0 Å². The van der Waals surface area contributed by atoms with Crippen molar-refractivity contribution in [1.82, 2.24) is 9.80 Å². The van der Waals surface area contributed by atoms with Crippen LogP contribution in [0.25, 0.3) is 0 Å². The molecule has 0 radical (unpaired) electrons. The molecular formula is C15H22N2OS. The van der Waals surface area contributed by atoms with E-state index in [-0.39, 0.29) is 0 Å². The van der Waals surface area contributed by atoms with Crippen LogP contribution >= 0.6 is 11.3 Å². The van der Waals surface area contributed by atoms with Crippen molar-refractivity contribution < 1.29 is 4.79 Å². The van der Waals surface area contributed by atoms with Crippen LogP contribution in [0.4, 0.5) is 0 Å². The molecule has 3 nitrogen and oxygen atoms in total. The average Bonchev–Trinajstić information content (AvgIpc) is 2.88. The highest BCUT2D eigenvalue weighted by Gasteiger charge is 2.34. The second kappa shape index (κ2) is 5.35. The summed E-state index contributed by atoms with van der Waals surface area (Å²) in [5.41, 5.74) is 0. The van der Waals surface area contributed by atoms with Crippen LogP contribution in [0.2, 0.25) is 0 Å². The fourth-order valence-electron chi connectivity index (χ4n) is 3.39. The number of thiophene rings is 1. The predicted octanol–water partition coefficient (Wildman–Crippen LogP) is 2.41. The van der Waals surface area contributed by atoms with Crippen LogP contribution in [0.3, 0.4) is 0 Å². The number of hydrogen-bond donors (Lipinski definition) is 0. The number of likely N-dealkylation sites (N-methyl/N-ethyl adjacent to an activating group) is 1. The minimum absolute atomic E-state index is 0.290. The minimum atomic E-state index is 0.290. The predicted molar refractivity (Wildman–Crippen MR) is 79.0 cm³/mol. The summed E-state index contributed by atoms with van der Waals surface area (Å²) in [7, 11) is 2.25. The van der Waals surface area contributed by atoms with Crippen molar-refractivity contribution in [2.45, 2.75) is 38.3 Å². The Hall–Kier alpha value is -0.710. The van der Waals surface area contributed by atoms with Crippen molar-refractivity contribution in [2.75, 3.05) is 26.7 Å². The molecule has 2 saturated heterocycles. The van der Waals surface area contributed by atoms with E-state index in [4.69, 9.17) is 0 Å². The summed E-state index contributed by atoms with van der Waals surface area (Å²) < 4.78 is 0. The molecule has 2 fully saturated rings. The Morgan fingerprint density at radius 2 is 2.11 bits per heavy atom. The van der Waals surface area contributed by atoms with Gasteiger partial charge in [0.2, 0.25) is 0 Å². The Kier molecular flexibility index (Phi) is 3.74. The van der Waals surface area contributed by atoms with Gasteiger partial charge in [0.25, 0.3) is 0 Å². The first-order valence-electron chi connectivity index (χ1n) is 7.17. The molecule has 0 aliphatic carbocycles. The normalized spacial score (nSPS) is 28.5. The van der Waals surface area contributed by atoms with Crippen LogP contribution in [0.1, 0.15) is 33.8 Å². The summed E-state index contributed by atoms with van der Waals surface area (Å²) in [6, 6.07) is 5.41. The summed E-state index contributed by atoms with van der Waals surface area (Å²) in [4.78, 5) is 19.3. The second-order valence-electron chi connectivity index (χ2n) is 5.91. The molecule has 0 spiro atoms. The Morgan fingerprint density at radius 1 is 1.32 bits per heavy atom. The van der Waals surface area contributed by atoms with Crippen LogP contribution in [-0.4, -0.2) is 54.3 Å². The van der Waals surface area contributed by atoms with E-state index in [0.717, 1.165) is 24.0 Å². The van der Waals surface area contributed by atoms with Crippen molar-refractivity contribution >= 4 is 17.1 Å². The highest BCUT2D eigenvalue weighted by molar-refractivity contribution is 7.14. The van der Waals surface area contributed by atoms with Gasteiger partial charge in [-0.25, -0.2) is 0 Å². The maximum Gasteiger partial charge on any atom is 0.186 e. The molecule has 2 unspecified atom stereocenters. The third kappa shape index (κ3) is 2.76. The molecule has 2 aliphatic rings. The molecule has 2 aliphatic heterocycles. The first kappa shape index (κ1) is 13.3. The van der Waals surface area contributed by atoms with Gasteiger partial charge in [0.1, 0.15) is 0 Å². The van der Waals surface area contributed by atoms with Gasteiger partial charge in [0, 0.05) is 30.1 Å². The molecule has 2 bridgehead atoms. The largest absolute Gasteiger partial charge is 0.299 e. The van der Waals surface area contributed by atoms with E-state index >= 15 is 0 Å². The third-order valence-corrected chi connectivity index (χ3v) is 5.66. The maximum atomic E-state index is 12.3. The zero-order valence-corrected chi connectivity index (χ0v) is 12.6. The zero-order valence-electron chi connectivity index (χ0n) is 11.8. The number of hydrogen-bond acceptors (Lipinski definition) is 4. The molecule has 3 rings (SSSR count). The van der Waals surface area contributed by atoms with Crippen molar-refractivity contribution in [2.24, 2.45) is 0 Å². The summed E-state index contributed by atoms with van der Waals surface area (Å²) >= 11 is 1.62. The Morgan fingerprint density at radius 3 is 2.84 bits per heavy atom. The number of carbonyl (C=O) groups excluding carboxylic acids is 1. The lowest BCUT2D eigenvalue weighted by molar-refractivity contribution is 0.0927. The molecule has 1 aromatic heterocycles. The summed E-state index contributed by atoms with van der Waals surface area (Å²) in [6.07, 6.45) is 3.85. The molecule has 0 amide bonds. The van der Waals surface area contributed by atoms with Crippen molar-refractivity contribution in [1.29, 1.82) is 0 Å². The van der Waals surface area contributed by atoms with E-state index in [1.54, 1.807) is 11.3 Å². The maximum absolute atomic E-state index is 12.3. The highest BCUT2D eigenvalue weighted by Crippen LogP contribution is 2.28. The third-order valence-electron chi connectivity index (χ3n) is 4.61. The second-order valence-corrected chi connectivity index (χ2v) is 7.20. The number of likely N-dealkylation sites (tertiary alicyclic amines) is 1. The zero-order chi connectivity index (χ0) is 13.4.